The van der Waals surface area contributed by atoms with Crippen molar-refractivity contribution < 1.29 is 0 Å². The molecule has 0 aromatic carbocycles. The fourth-order valence-corrected chi connectivity index (χ4v) is 1.29. The van der Waals surface area contributed by atoms with Gasteiger partial charge in [-0.3, -0.25) is 9.55 Å². The monoisotopic (exact) mass is 182 g/mol. The molecule has 0 aliphatic heterocycles. The number of nitrogens with one attached hydrogen (secondary N) is 2. The Balaban J connectivity index is 3.18. The van der Waals surface area contributed by atoms with Gasteiger partial charge in [0.25, 0.3) is 0 Å². The Hall–Kier alpha value is -1.43. The number of aryl methyl sites for hydroxylation is 1. The van der Waals surface area contributed by atoms with Gasteiger partial charge in [0.15, 0.2) is 5.65 Å². The maximum absolute atomic E-state index is 11.1. The van der Waals surface area contributed by atoms with Crippen LogP contribution in [0, 0.1) is 4.64 Å². The highest BCUT2D eigenvalue weighted by Crippen LogP contribution is 2.03. The largest absolute Gasteiger partial charge is 0.341 e. The second-order valence-electron chi connectivity index (χ2n) is 2.42. The van der Waals surface area contributed by atoms with Crippen molar-refractivity contribution in [3.63, 3.8) is 0 Å². The molecule has 12 heavy (non-hydrogen) atoms. The molecule has 0 atom stereocenters. The molecular formula is C6H6N4OS. The van der Waals surface area contributed by atoms with Gasteiger partial charge < -0.3 is 4.98 Å². The van der Waals surface area contributed by atoms with E-state index in [0.717, 1.165) is 0 Å². The number of imidazole rings is 1. The molecule has 0 aliphatic rings. The summed E-state index contributed by atoms with van der Waals surface area (Å²) in [5.41, 5.74) is 1.01. The molecule has 0 unspecified atom stereocenters. The number of rotatable bonds is 0. The number of hydrogen-bond donors (Lipinski definition) is 2. The standard InChI is InChI=1S/C6H6N4OS/c1-10-4-3(7-2-8-4)5(12)9-6(10)11/h2H,1H3,(H,7,8)(H,9,11,12). The Morgan fingerprint density at radius 2 is 2.42 bits per heavy atom. The molecule has 0 saturated carbocycles. The van der Waals surface area contributed by atoms with Crippen LogP contribution in [0.4, 0.5) is 0 Å². The molecule has 6 heteroatoms. The third-order valence-corrected chi connectivity index (χ3v) is 2.00. The number of hydrogen-bond acceptors (Lipinski definition) is 3. The molecule has 2 rings (SSSR count). The lowest BCUT2D eigenvalue weighted by Gasteiger charge is -1.96. The van der Waals surface area contributed by atoms with Gasteiger partial charge in [0.2, 0.25) is 0 Å². The maximum Gasteiger partial charge on any atom is 0.327 e. The SMILES string of the molecule is Cn1c(=O)[nH]c(=S)c2[nH]cnc21. The van der Waals surface area contributed by atoms with Crippen LogP contribution in [0.15, 0.2) is 11.1 Å². The predicted molar refractivity (Wildman–Crippen MR) is 46.5 cm³/mol. The van der Waals surface area contributed by atoms with Crippen LogP contribution in [0.5, 0.6) is 0 Å². The number of fused-ring (bicyclic) bond motifs is 1. The number of nitrogens with zero attached hydrogens (tertiary/aromatic N) is 2. The van der Waals surface area contributed by atoms with E-state index >= 15 is 0 Å². The highest BCUT2D eigenvalue weighted by Gasteiger charge is 2.02. The molecule has 2 aromatic rings. The summed E-state index contributed by atoms with van der Waals surface area (Å²) in [4.78, 5) is 20.5. The first-order valence-electron chi connectivity index (χ1n) is 3.32. The molecule has 62 valence electrons. The number of aromatic nitrogens is 4. The average Bonchev–Trinajstić information content (AvgIpc) is 2.48. The van der Waals surface area contributed by atoms with Crippen molar-refractivity contribution in [3.8, 4) is 0 Å². The molecule has 0 aliphatic carbocycles. The van der Waals surface area contributed by atoms with Crippen LogP contribution in [-0.2, 0) is 7.05 Å². The molecular weight excluding hydrogens is 176 g/mol. The summed E-state index contributed by atoms with van der Waals surface area (Å²) in [5.74, 6) is 0. The predicted octanol–water partition coefficient (Wildman–Crippen LogP) is 0.319. The van der Waals surface area contributed by atoms with E-state index in [0.29, 0.717) is 15.8 Å². The second-order valence-corrected chi connectivity index (χ2v) is 2.83. The van der Waals surface area contributed by atoms with Crippen LogP contribution in [-0.4, -0.2) is 19.5 Å². The molecule has 0 bridgehead atoms. The Kier molecular flexibility index (Phi) is 1.37. The van der Waals surface area contributed by atoms with Gasteiger partial charge in [-0.05, 0) is 0 Å². The molecule has 0 fully saturated rings. The second kappa shape index (κ2) is 2.28. The Bertz CT molecular complexity index is 534. The fraction of sp³-hybridized carbons (Fsp3) is 0.167. The van der Waals surface area contributed by atoms with Gasteiger partial charge in [-0.15, -0.1) is 0 Å². The van der Waals surface area contributed by atoms with E-state index in [1.165, 1.54) is 10.9 Å². The van der Waals surface area contributed by atoms with Crippen molar-refractivity contribution in [2.45, 2.75) is 0 Å². The first-order chi connectivity index (χ1) is 5.70. The normalized spacial score (nSPS) is 10.8. The number of H-pyrrole nitrogens is 2. The van der Waals surface area contributed by atoms with Crippen molar-refractivity contribution >= 4 is 23.4 Å². The quantitative estimate of drug-likeness (QED) is 0.576. The summed E-state index contributed by atoms with van der Waals surface area (Å²) in [6.07, 6.45) is 1.51. The van der Waals surface area contributed by atoms with Crippen molar-refractivity contribution in [3.05, 3.63) is 21.5 Å². The minimum Gasteiger partial charge on any atom is -0.341 e. The minimum atomic E-state index is -0.250. The van der Waals surface area contributed by atoms with E-state index in [9.17, 15) is 4.79 Å². The molecule has 0 saturated heterocycles. The van der Waals surface area contributed by atoms with E-state index in [1.54, 1.807) is 7.05 Å². The van der Waals surface area contributed by atoms with Crippen molar-refractivity contribution in [1.29, 1.82) is 0 Å². The van der Waals surface area contributed by atoms with Gasteiger partial charge in [0.05, 0.1) is 6.33 Å². The smallest absolute Gasteiger partial charge is 0.327 e. The number of aromatic amines is 2. The highest BCUT2D eigenvalue weighted by atomic mass is 32.1. The van der Waals surface area contributed by atoms with Crippen molar-refractivity contribution in [2.24, 2.45) is 7.05 Å². The fourth-order valence-electron chi connectivity index (χ4n) is 1.05. The molecule has 2 N–H and O–H groups in total. The third kappa shape index (κ3) is 0.814. The summed E-state index contributed by atoms with van der Waals surface area (Å²) in [6.45, 7) is 0. The van der Waals surface area contributed by atoms with E-state index in [4.69, 9.17) is 12.2 Å². The van der Waals surface area contributed by atoms with Crippen molar-refractivity contribution in [1.82, 2.24) is 19.5 Å². The van der Waals surface area contributed by atoms with Crippen molar-refractivity contribution in [2.75, 3.05) is 0 Å². The van der Waals surface area contributed by atoms with Gasteiger partial charge in [-0.1, -0.05) is 12.2 Å². The molecule has 2 aromatic heterocycles. The van der Waals surface area contributed by atoms with Crippen LogP contribution in [0.2, 0.25) is 0 Å². The van der Waals surface area contributed by atoms with E-state index < -0.39 is 0 Å². The van der Waals surface area contributed by atoms with Gasteiger partial charge in [-0.2, -0.15) is 0 Å². The molecule has 5 nitrogen and oxygen atoms in total. The molecule has 2 heterocycles. The van der Waals surface area contributed by atoms with Gasteiger partial charge in [-0.25, -0.2) is 9.78 Å². The van der Waals surface area contributed by atoms with Crippen LogP contribution >= 0.6 is 12.2 Å². The Morgan fingerprint density at radius 1 is 1.67 bits per heavy atom. The summed E-state index contributed by atoms with van der Waals surface area (Å²) in [6, 6.07) is 0. The van der Waals surface area contributed by atoms with E-state index in [2.05, 4.69) is 15.0 Å². The van der Waals surface area contributed by atoms with E-state index in [1.807, 2.05) is 0 Å². The zero-order valence-electron chi connectivity index (χ0n) is 6.29. The Morgan fingerprint density at radius 3 is 3.17 bits per heavy atom. The van der Waals surface area contributed by atoms with Gasteiger partial charge in [0, 0.05) is 7.05 Å². The molecule has 0 radical (unpaired) electrons. The Labute approximate surface area is 72.1 Å². The summed E-state index contributed by atoms with van der Waals surface area (Å²) in [5, 5.41) is 0. The van der Waals surface area contributed by atoms with E-state index in [-0.39, 0.29) is 5.69 Å². The topological polar surface area (TPSA) is 66.5 Å². The average molecular weight is 182 g/mol. The summed E-state index contributed by atoms with van der Waals surface area (Å²) < 4.78 is 1.80. The molecule has 0 spiro atoms. The first-order valence-corrected chi connectivity index (χ1v) is 3.73. The van der Waals surface area contributed by atoms with Crippen LogP contribution in [0.25, 0.3) is 11.2 Å². The van der Waals surface area contributed by atoms with Crippen LogP contribution < -0.4 is 5.69 Å². The van der Waals surface area contributed by atoms with Crippen LogP contribution in [0.3, 0.4) is 0 Å². The lowest BCUT2D eigenvalue weighted by molar-refractivity contribution is 0.838. The third-order valence-electron chi connectivity index (χ3n) is 1.69. The zero-order valence-corrected chi connectivity index (χ0v) is 7.10. The summed E-state index contributed by atoms with van der Waals surface area (Å²) >= 11 is 4.91. The lowest BCUT2D eigenvalue weighted by atomic mass is 10.5. The van der Waals surface area contributed by atoms with Gasteiger partial charge >= 0.3 is 5.69 Å². The van der Waals surface area contributed by atoms with Crippen LogP contribution in [0.1, 0.15) is 0 Å². The highest BCUT2D eigenvalue weighted by molar-refractivity contribution is 7.71. The molecule has 0 amide bonds. The zero-order chi connectivity index (χ0) is 8.72. The van der Waals surface area contributed by atoms with Gasteiger partial charge in [0.1, 0.15) is 10.2 Å². The minimum absolute atomic E-state index is 0.250. The first kappa shape index (κ1) is 7.23. The maximum atomic E-state index is 11.1. The summed E-state index contributed by atoms with van der Waals surface area (Å²) in [7, 11) is 1.64. The lowest BCUT2D eigenvalue weighted by Crippen LogP contribution is -2.20.